The highest BCUT2D eigenvalue weighted by atomic mass is 35.5. The van der Waals surface area contributed by atoms with Crippen molar-refractivity contribution in [2.24, 2.45) is 0 Å². The molecule has 0 aliphatic carbocycles. The second-order valence-electron chi connectivity index (χ2n) is 5.71. The molecule has 25 heavy (non-hydrogen) atoms. The molecular formula is C19H18ClN3O2. The summed E-state index contributed by atoms with van der Waals surface area (Å²) in [5.41, 5.74) is 1.77. The molecule has 1 amide bonds. The number of carbonyl (C=O) groups excluding carboxylic acids is 1. The molecule has 3 rings (SSSR count). The number of likely N-dealkylation sites (N-methyl/N-ethyl adjacent to an activating group) is 1. The molecule has 6 heteroatoms. The Hall–Kier alpha value is -2.66. The monoisotopic (exact) mass is 355 g/mol. The summed E-state index contributed by atoms with van der Waals surface area (Å²) in [7, 11) is 1.70. The number of ether oxygens (including phenoxy) is 1. The minimum Gasteiger partial charge on any atom is -0.482 e. The zero-order chi connectivity index (χ0) is 17.8. The van der Waals surface area contributed by atoms with Crippen LogP contribution in [0.4, 0.5) is 0 Å². The predicted octanol–water partition coefficient (Wildman–Crippen LogP) is 3.63. The maximum atomic E-state index is 12.3. The summed E-state index contributed by atoms with van der Waals surface area (Å²) in [6.45, 7) is 2.17. The predicted molar refractivity (Wildman–Crippen MR) is 97.7 cm³/mol. The fourth-order valence-corrected chi connectivity index (χ4v) is 2.67. The number of fused-ring (bicyclic) bond motifs is 1. The fraction of sp³-hybridized carbons (Fsp3) is 0.211. The Labute approximate surface area is 151 Å². The number of benzene rings is 2. The molecule has 5 nitrogen and oxygen atoms in total. The molecule has 0 radical (unpaired) electrons. The molecule has 2 aromatic carbocycles. The quantitative estimate of drug-likeness (QED) is 0.701. The fourth-order valence-electron chi connectivity index (χ4n) is 2.48. The van der Waals surface area contributed by atoms with Crippen LogP contribution >= 0.6 is 11.6 Å². The van der Waals surface area contributed by atoms with Gasteiger partial charge in [-0.25, -0.2) is 9.97 Å². The molecule has 0 fully saturated rings. The number of carbonyl (C=O) groups is 1. The average molecular weight is 356 g/mol. The lowest BCUT2D eigenvalue weighted by atomic mass is 10.2. The summed E-state index contributed by atoms with van der Waals surface area (Å²) in [5.74, 6) is 0.919. The largest absolute Gasteiger partial charge is 0.482 e. The van der Waals surface area contributed by atoms with Crippen molar-refractivity contribution in [1.82, 2.24) is 14.9 Å². The van der Waals surface area contributed by atoms with Gasteiger partial charge in [0.15, 0.2) is 6.61 Å². The first-order valence-corrected chi connectivity index (χ1v) is 8.26. The topological polar surface area (TPSA) is 55.3 Å². The number of aromatic nitrogens is 2. The van der Waals surface area contributed by atoms with Crippen molar-refractivity contribution in [3.05, 3.63) is 65.1 Å². The Bertz CT molecular complexity index is 914. The summed E-state index contributed by atoms with van der Waals surface area (Å²) in [4.78, 5) is 22.8. The molecule has 0 atom stereocenters. The number of hydrogen-bond donors (Lipinski definition) is 0. The third-order valence-corrected chi connectivity index (χ3v) is 4.14. The number of amides is 1. The van der Waals surface area contributed by atoms with Gasteiger partial charge in [0.1, 0.15) is 11.6 Å². The molecule has 0 unspecified atom stereocenters. The van der Waals surface area contributed by atoms with E-state index in [0.717, 1.165) is 16.6 Å². The van der Waals surface area contributed by atoms with Gasteiger partial charge >= 0.3 is 0 Å². The molecule has 0 aliphatic rings. The average Bonchev–Trinajstić information content (AvgIpc) is 2.61. The van der Waals surface area contributed by atoms with Gasteiger partial charge in [-0.15, -0.1) is 0 Å². The van der Waals surface area contributed by atoms with Crippen molar-refractivity contribution in [1.29, 1.82) is 0 Å². The number of hydrogen-bond acceptors (Lipinski definition) is 4. The number of para-hydroxylation sites is 2. The zero-order valence-electron chi connectivity index (χ0n) is 14.1. The second kappa shape index (κ2) is 7.49. The van der Waals surface area contributed by atoms with Gasteiger partial charge in [0.25, 0.3) is 5.91 Å². The van der Waals surface area contributed by atoms with Gasteiger partial charge in [0.05, 0.1) is 17.1 Å². The number of nitrogens with zero attached hydrogens (tertiary/aromatic N) is 3. The lowest BCUT2D eigenvalue weighted by Gasteiger charge is -2.17. The van der Waals surface area contributed by atoms with E-state index < -0.39 is 0 Å². The molecule has 128 valence electrons. The van der Waals surface area contributed by atoms with Crippen LogP contribution in [0.2, 0.25) is 5.02 Å². The van der Waals surface area contributed by atoms with Crippen LogP contribution in [0.25, 0.3) is 10.9 Å². The first-order chi connectivity index (χ1) is 12.0. The number of rotatable bonds is 5. The molecule has 0 N–H and O–H groups in total. The third-order valence-electron chi connectivity index (χ3n) is 3.83. The number of halogens is 1. The maximum Gasteiger partial charge on any atom is 0.260 e. The summed E-state index contributed by atoms with van der Waals surface area (Å²) >= 11 is 6.02. The van der Waals surface area contributed by atoms with Crippen molar-refractivity contribution < 1.29 is 9.53 Å². The van der Waals surface area contributed by atoms with E-state index in [1.54, 1.807) is 30.1 Å². The lowest BCUT2D eigenvalue weighted by Crippen LogP contribution is -2.31. The molecule has 3 aromatic rings. The summed E-state index contributed by atoms with van der Waals surface area (Å²) < 4.78 is 5.49. The first-order valence-electron chi connectivity index (χ1n) is 7.88. The van der Waals surface area contributed by atoms with Crippen molar-refractivity contribution in [3.63, 3.8) is 0 Å². The van der Waals surface area contributed by atoms with E-state index in [9.17, 15) is 4.79 Å². The van der Waals surface area contributed by atoms with Gasteiger partial charge < -0.3 is 9.64 Å². The van der Waals surface area contributed by atoms with E-state index in [4.69, 9.17) is 16.3 Å². The highest BCUT2D eigenvalue weighted by Gasteiger charge is 2.13. The van der Waals surface area contributed by atoms with Gasteiger partial charge in [0, 0.05) is 18.1 Å². The standard InChI is InChI=1S/C19H18ClN3O2/c1-13-14-7-3-5-9-16(14)22-18(21-13)11-23(2)19(24)12-25-17-10-6-4-8-15(17)20/h3-10H,11-12H2,1-2H3. The van der Waals surface area contributed by atoms with E-state index in [0.29, 0.717) is 23.1 Å². The normalized spacial score (nSPS) is 10.7. The van der Waals surface area contributed by atoms with Gasteiger partial charge in [-0.1, -0.05) is 41.9 Å². The first kappa shape index (κ1) is 17.2. The van der Waals surface area contributed by atoms with Crippen LogP contribution in [0.1, 0.15) is 11.5 Å². The zero-order valence-corrected chi connectivity index (χ0v) is 14.8. The van der Waals surface area contributed by atoms with E-state index >= 15 is 0 Å². The van der Waals surface area contributed by atoms with E-state index in [2.05, 4.69) is 9.97 Å². The van der Waals surface area contributed by atoms with Gasteiger partial charge in [-0.05, 0) is 25.1 Å². The molecule has 1 aromatic heterocycles. The van der Waals surface area contributed by atoms with Crippen LogP contribution in [0.5, 0.6) is 5.75 Å². The van der Waals surface area contributed by atoms with Crippen LogP contribution in [-0.4, -0.2) is 34.4 Å². The van der Waals surface area contributed by atoms with Crippen LogP contribution in [0.3, 0.4) is 0 Å². The third kappa shape index (κ3) is 4.06. The Kier molecular flexibility index (Phi) is 5.14. The Morgan fingerprint density at radius 3 is 2.64 bits per heavy atom. The van der Waals surface area contributed by atoms with Crippen LogP contribution in [-0.2, 0) is 11.3 Å². The van der Waals surface area contributed by atoms with Gasteiger partial charge in [-0.3, -0.25) is 4.79 Å². The Morgan fingerprint density at radius 1 is 1.12 bits per heavy atom. The molecule has 0 saturated carbocycles. The molecule has 0 aliphatic heterocycles. The lowest BCUT2D eigenvalue weighted by molar-refractivity contribution is -0.132. The van der Waals surface area contributed by atoms with Crippen molar-refractivity contribution >= 4 is 28.4 Å². The highest BCUT2D eigenvalue weighted by Crippen LogP contribution is 2.23. The van der Waals surface area contributed by atoms with Crippen molar-refractivity contribution in [2.45, 2.75) is 13.5 Å². The smallest absolute Gasteiger partial charge is 0.260 e. The Balaban J connectivity index is 1.66. The van der Waals surface area contributed by atoms with Crippen molar-refractivity contribution in [2.75, 3.05) is 13.7 Å². The van der Waals surface area contributed by atoms with Crippen LogP contribution in [0.15, 0.2) is 48.5 Å². The highest BCUT2D eigenvalue weighted by molar-refractivity contribution is 6.32. The second-order valence-corrected chi connectivity index (χ2v) is 6.12. The van der Waals surface area contributed by atoms with Crippen LogP contribution < -0.4 is 4.74 Å². The minimum atomic E-state index is -0.172. The molecule has 0 bridgehead atoms. The molecule has 0 saturated heterocycles. The molecule has 1 heterocycles. The SMILES string of the molecule is Cc1nc(CN(C)C(=O)COc2ccccc2Cl)nc2ccccc12. The minimum absolute atomic E-state index is 0.0905. The van der Waals surface area contributed by atoms with E-state index in [-0.39, 0.29) is 12.5 Å². The van der Waals surface area contributed by atoms with Crippen LogP contribution in [0, 0.1) is 6.92 Å². The summed E-state index contributed by atoms with van der Waals surface area (Å²) in [6.07, 6.45) is 0. The Morgan fingerprint density at radius 2 is 1.84 bits per heavy atom. The number of aryl methyl sites for hydroxylation is 1. The summed E-state index contributed by atoms with van der Waals surface area (Å²) in [5, 5.41) is 1.49. The van der Waals surface area contributed by atoms with E-state index in [1.165, 1.54) is 0 Å². The molecule has 0 spiro atoms. The van der Waals surface area contributed by atoms with Gasteiger partial charge in [0.2, 0.25) is 0 Å². The van der Waals surface area contributed by atoms with Crippen molar-refractivity contribution in [3.8, 4) is 5.75 Å². The molecular weight excluding hydrogens is 338 g/mol. The van der Waals surface area contributed by atoms with E-state index in [1.807, 2.05) is 37.3 Å². The summed E-state index contributed by atoms with van der Waals surface area (Å²) in [6, 6.07) is 14.9. The maximum absolute atomic E-state index is 12.3. The van der Waals surface area contributed by atoms with Gasteiger partial charge in [-0.2, -0.15) is 0 Å².